The fourth-order valence-electron chi connectivity index (χ4n) is 3.01. The van der Waals surface area contributed by atoms with Gasteiger partial charge in [-0.3, -0.25) is 9.59 Å². The SMILES string of the molecule is CC[C@H](C)c1ccc(NC(=O)/C(C#N)=C/c2ccc(OC(=O)C3CC3)c(OC)c2)cc1. The van der Waals surface area contributed by atoms with Crippen LogP contribution in [0.15, 0.2) is 48.0 Å². The Morgan fingerprint density at radius 2 is 1.90 bits per heavy atom. The summed E-state index contributed by atoms with van der Waals surface area (Å²) in [7, 11) is 1.47. The number of amides is 1. The molecule has 6 heteroatoms. The molecule has 0 aliphatic heterocycles. The lowest BCUT2D eigenvalue weighted by Gasteiger charge is -2.11. The van der Waals surface area contributed by atoms with Gasteiger partial charge in [0.2, 0.25) is 0 Å². The second kappa shape index (κ2) is 9.94. The highest BCUT2D eigenvalue weighted by Crippen LogP contribution is 2.34. The van der Waals surface area contributed by atoms with Crippen LogP contribution in [0.3, 0.4) is 0 Å². The lowest BCUT2D eigenvalue weighted by Crippen LogP contribution is -2.13. The van der Waals surface area contributed by atoms with Crippen LogP contribution in [0.25, 0.3) is 6.08 Å². The van der Waals surface area contributed by atoms with E-state index in [-0.39, 0.29) is 17.5 Å². The van der Waals surface area contributed by atoms with E-state index >= 15 is 0 Å². The van der Waals surface area contributed by atoms with E-state index in [0.29, 0.717) is 28.7 Å². The maximum atomic E-state index is 12.6. The summed E-state index contributed by atoms with van der Waals surface area (Å²) in [6, 6.07) is 14.5. The van der Waals surface area contributed by atoms with Gasteiger partial charge in [0.1, 0.15) is 11.6 Å². The first-order valence-electron chi connectivity index (χ1n) is 10.4. The summed E-state index contributed by atoms with van der Waals surface area (Å²) in [5, 5.41) is 12.2. The van der Waals surface area contributed by atoms with Gasteiger partial charge in [-0.05, 0) is 66.6 Å². The van der Waals surface area contributed by atoms with Crippen molar-refractivity contribution in [1.82, 2.24) is 0 Å². The minimum atomic E-state index is -0.498. The van der Waals surface area contributed by atoms with Crippen LogP contribution in [0, 0.1) is 17.2 Å². The Balaban J connectivity index is 1.73. The number of esters is 1. The lowest BCUT2D eigenvalue weighted by molar-refractivity contribution is -0.135. The van der Waals surface area contributed by atoms with Crippen LogP contribution in [-0.2, 0) is 9.59 Å². The monoisotopic (exact) mass is 418 g/mol. The van der Waals surface area contributed by atoms with Crippen LogP contribution in [0.2, 0.25) is 0 Å². The van der Waals surface area contributed by atoms with Gasteiger partial charge in [-0.2, -0.15) is 5.26 Å². The lowest BCUT2D eigenvalue weighted by atomic mass is 9.98. The van der Waals surface area contributed by atoms with E-state index < -0.39 is 5.91 Å². The summed E-state index contributed by atoms with van der Waals surface area (Å²) in [5.41, 5.74) is 2.36. The van der Waals surface area contributed by atoms with Crippen molar-refractivity contribution in [3.8, 4) is 17.6 Å². The number of benzene rings is 2. The van der Waals surface area contributed by atoms with Gasteiger partial charge >= 0.3 is 5.97 Å². The predicted molar refractivity (Wildman–Crippen MR) is 119 cm³/mol. The highest BCUT2D eigenvalue weighted by Gasteiger charge is 2.32. The molecule has 1 amide bonds. The quantitative estimate of drug-likeness (QED) is 0.280. The molecule has 1 aliphatic rings. The van der Waals surface area contributed by atoms with Crippen molar-refractivity contribution in [2.24, 2.45) is 5.92 Å². The average Bonchev–Trinajstić information content (AvgIpc) is 3.63. The van der Waals surface area contributed by atoms with Crippen LogP contribution in [0.5, 0.6) is 11.5 Å². The topological polar surface area (TPSA) is 88.4 Å². The Kier molecular flexibility index (Phi) is 7.09. The molecule has 0 heterocycles. The molecule has 160 valence electrons. The number of nitrogens with zero attached hydrogens (tertiary/aromatic N) is 1. The third-order valence-electron chi connectivity index (χ3n) is 5.33. The third-order valence-corrected chi connectivity index (χ3v) is 5.33. The number of nitrogens with one attached hydrogen (secondary N) is 1. The number of hydrogen-bond acceptors (Lipinski definition) is 5. The summed E-state index contributed by atoms with van der Waals surface area (Å²) >= 11 is 0. The highest BCUT2D eigenvalue weighted by atomic mass is 16.6. The molecule has 1 atom stereocenters. The van der Waals surface area contributed by atoms with Crippen LogP contribution < -0.4 is 14.8 Å². The molecule has 31 heavy (non-hydrogen) atoms. The van der Waals surface area contributed by atoms with E-state index in [9.17, 15) is 14.9 Å². The van der Waals surface area contributed by atoms with Crippen molar-refractivity contribution < 1.29 is 19.1 Å². The zero-order valence-corrected chi connectivity index (χ0v) is 18.0. The van der Waals surface area contributed by atoms with Gasteiger partial charge in [0.15, 0.2) is 11.5 Å². The predicted octanol–water partition coefficient (Wildman–Crippen LogP) is 5.07. The minimum Gasteiger partial charge on any atom is -0.493 e. The van der Waals surface area contributed by atoms with Crippen LogP contribution in [0.1, 0.15) is 50.2 Å². The summed E-state index contributed by atoms with van der Waals surface area (Å²) in [6.07, 6.45) is 4.21. The van der Waals surface area contributed by atoms with E-state index in [1.807, 2.05) is 30.3 Å². The fraction of sp³-hybridized carbons (Fsp3) is 0.320. The Labute approximate surface area is 182 Å². The van der Waals surface area contributed by atoms with Crippen LogP contribution >= 0.6 is 0 Å². The Morgan fingerprint density at radius 1 is 1.19 bits per heavy atom. The van der Waals surface area contributed by atoms with Gasteiger partial charge in [-0.1, -0.05) is 32.0 Å². The number of rotatable bonds is 8. The Morgan fingerprint density at radius 3 is 2.48 bits per heavy atom. The number of nitriles is 1. The zero-order valence-electron chi connectivity index (χ0n) is 18.0. The molecule has 2 aromatic rings. The first kappa shape index (κ1) is 22.1. The maximum Gasteiger partial charge on any atom is 0.314 e. The number of hydrogen-bond donors (Lipinski definition) is 1. The van der Waals surface area contributed by atoms with Crippen LogP contribution in [0.4, 0.5) is 5.69 Å². The molecule has 1 saturated carbocycles. The van der Waals surface area contributed by atoms with E-state index in [4.69, 9.17) is 9.47 Å². The average molecular weight is 418 g/mol. The number of carbonyl (C=O) groups is 2. The summed E-state index contributed by atoms with van der Waals surface area (Å²) < 4.78 is 10.7. The van der Waals surface area contributed by atoms with Gasteiger partial charge < -0.3 is 14.8 Å². The van der Waals surface area contributed by atoms with Crippen molar-refractivity contribution in [3.63, 3.8) is 0 Å². The molecule has 0 radical (unpaired) electrons. The van der Waals surface area contributed by atoms with Crippen molar-refractivity contribution in [1.29, 1.82) is 5.26 Å². The van der Waals surface area contributed by atoms with E-state index in [0.717, 1.165) is 19.3 Å². The molecule has 1 aliphatic carbocycles. The first-order valence-corrected chi connectivity index (χ1v) is 10.4. The molecule has 2 aromatic carbocycles. The molecule has 0 bridgehead atoms. The van der Waals surface area contributed by atoms with Gasteiger partial charge in [-0.25, -0.2) is 0 Å². The Bertz CT molecular complexity index is 1030. The summed E-state index contributed by atoms with van der Waals surface area (Å²) in [6.45, 7) is 4.28. The summed E-state index contributed by atoms with van der Waals surface area (Å²) in [5.74, 6) is 0.334. The zero-order chi connectivity index (χ0) is 22.4. The molecule has 3 rings (SSSR count). The van der Waals surface area contributed by atoms with Crippen LogP contribution in [-0.4, -0.2) is 19.0 Å². The van der Waals surface area contributed by atoms with E-state index in [2.05, 4.69) is 19.2 Å². The first-order chi connectivity index (χ1) is 14.9. The van der Waals surface area contributed by atoms with E-state index in [1.165, 1.54) is 18.7 Å². The molecule has 1 fully saturated rings. The molecule has 6 nitrogen and oxygen atoms in total. The maximum absolute atomic E-state index is 12.6. The minimum absolute atomic E-state index is 0.0302. The number of ether oxygens (including phenoxy) is 2. The third kappa shape index (κ3) is 5.73. The number of methoxy groups -OCH3 is 1. The number of carbonyl (C=O) groups excluding carboxylic acids is 2. The van der Waals surface area contributed by atoms with Gasteiger partial charge in [0, 0.05) is 5.69 Å². The standard InChI is InChI=1S/C25H26N2O4/c1-4-16(2)18-8-10-21(11-9-18)27-24(28)20(15-26)13-17-5-12-22(23(14-17)30-3)31-25(29)19-6-7-19/h5,8-14,16,19H,4,6-7H2,1-3H3,(H,27,28)/b20-13+/t16-/m0/s1. The molecule has 0 spiro atoms. The van der Waals surface area contributed by atoms with Crippen molar-refractivity contribution in [3.05, 3.63) is 59.2 Å². The normalized spacial score (nSPS) is 14.3. The van der Waals surface area contributed by atoms with Gasteiger partial charge in [0.25, 0.3) is 5.91 Å². The Hall–Kier alpha value is -3.59. The molecular weight excluding hydrogens is 392 g/mol. The van der Waals surface area contributed by atoms with Crippen molar-refractivity contribution >= 4 is 23.6 Å². The fourth-order valence-corrected chi connectivity index (χ4v) is 3.01. The van der Waals surface area contributed by atoms with Gasteiger partial charge in [0.05, 0.1) is 13.0 Å². The molecular formula is C25H26N2O4. The second-order valence-corrected chi connectivity index (χ2v) is 7.66. The van der Waals surface area contributed by atoms with E-state index in [1.54, 1.807) is 18.2 Å². The summed E-state index contributed by atoms with van der Waals surface area (Å²) in [4.78, 5) is 24.5. The smallest absolute Gasteiger partial charge is 0.314 e. The largest absolute Gasteiger partial charge is 0.493 e. The molecule has 0 saturated heterocycles. The van der Waals surface area contributed by atoms with Gasteiger partial charge in [-0.15, -0.1) is 0 Å². The number of anilines is 1. The molecule has 0 aromatic heterocycles. The molecule has 1 N–H and O–H groups in total. The molecule has 0 unspecified atom stereocenters. The second-order valence-electron chi connectivity index (χ2n) is 7.66. The van der Waals surface area contributed by atoms with Crippen molar-refractivity contribution in [2.75, 3.05) is 12.4 Å². The van der Waals surface area contributed by atoms with Crippen molar-refractivity contribution in [2.45, 2.75) is 39.0 Å². The highest BCUT2D eigenvalue weighted by molar-refractivity contribution is 6.09.